The van der Waals surface area contributed by atoms with Gasteiger partial charge in [-0.25, -0.2) is 0 Å². The fourth-order valence-corrected chi connectivity index (χ4v) is 1.51. The maximum absolute atomic E-state index is 4.18. The van der Waals surface area contributed by atoms with Gasteiger partial charge in [0.1, 0.15) is 0 Å². The Hall–Kier alpha value is -0.350. The highest BCUT2D eigenvalue weighted by molar-refractivity contribution is 9.10. The zero-order valence-electron chi connectivity index (χ0n) is 6.13. The summed E-state index contributed by atoms with van der Waals surface area (Å²) in [7, 11) is 0. The molecule has 2 rings (SSSR count). The van der Waals surface area contributed by atoms with Gasteiger partial charge in [0.2, 0.25) is 0 Å². The Kier molecular flexibility index (Phi) is 1.96. The Bertz CT molecular complexity index is 242. The zero-order valence-corrected chi connectivity index (χ0v) is 7.71. The number of hydrogen-bond acceptors (Lipinski definition) is 2. The molecule has 1 saturated heterocycles. The quantitative estimate of drug-likeness (QED) is 0.794. The van der Waals surface area contributed by atoms with E-state index in [9.17, 15) is 0 Å². The van der Waals surface area contributed by atoms with Crippen molar-refractivity contribution in [2.45, 2.75) is 6.54 Å². The van der Waals surface area contributed by atoms with Crippen molar-refractivity contribution in [1.82, 2.24) is 15.1 Å². The van der Waals surface area contributed by atoms with E-state index in [2.05, 4.69) is 26.3 Å². The van der Waals surface area contributed by atoms with Crippen LogP contribution in [0.1, 0.15) is 0 Å². The molecule has 1 fully saturated rings. The molecule has 0 saturated carbocycles. The topological polar surface area (TPSA) is 29.9 Å². The van der Waals surface area contributed by atoms with E-state index in [1.165, 1.54) is 0 Å². The summed E-state index contributed by atoms with van der Waals surface area (Å²) in [5.74, 6) is 0.779. The number of rotatable bonds is 2. The Balaban J connectivity index is 1.95. The molecule has 0 atom stereocenters. The first-order chi connectivity index (χ1) is 5.34. The highest BCUT2D eigenvalue weighted by Gasteiger charge is 2.16. The highest BCUT2D eigenvalue weighted by atomic mass is 79.9. The van der Waals surface area contributed by atoms with Crippen LogP contribution in [0.2, 0.25) is 0 Å². The summed E-state index contributed by atoms with van der Waals surface area (Å²) >= 11 is 3.36. The monoisotopic (exact) mass is 215 g/mol. The lowest BCUT2D eigenvalue weighted by molar-refractivity contribution is 0.295. The molecule has 0 bridgehead atoms. The van der Waals surface area contributed by atoms with Gasteiger partial charge in [0.15, 0.2) is 0 Å². The predicted molar refractivity (Wildman–Crippen MR) is 46.3 cm³/mol. The van der Waals surface area contributed by atoms with Crippen molar-refractivity contribution in [3.8, 4) is 0 Å². The second-order valence-corrected chi connectivity index (χ2v) is 3.82. The zero-order chi connectivity index (χ0) is 7.68. The molecule has 0 amide bonds. The Morgan fingerprint density at radius 3 is 3.00 bits per heavy atom. The maximum Gasteiger partial charge on any atom is 0.0632 e. The number of nitrogens with zero attached hydrogens (tertiary/aromatic N) is 2. The molecule has 1 aliphatic heterocycles. The second kappa shape index (κ2) is 2.95. The van der Waals surface area contributed by atoms with Crippen LogP contribution >= 0.6 is 15.9 Å². The lowest BCUT2D eigenvalue weighted by Gasteiger charge is -2.26. The molecule has 0 aliphatic carbocycles. The van der Waals surface area contributed by atoms with Crippen LogP contribution < -0.4 is 5.32 Å². The molecule has 11 heavy (non-hydrogen) atoms. The minimum atomic E-state index is 0.779. The normalized spacial score (nSPS) is 18.3. The van der Waals surface area contributed by atoms with Gasteiger partial charge < -0.3 is 5.32 Å². The lowest BCUT2D eigenvalue weighted by atomic mass is 10.0. The van der Waals surface area contributed by atoms with Gasteiger partial charge in [-0.1, -0.05) is 0 Å². The second-order valence-electron chi connectivity index (χ2n) is 2.90. The van der Waals surface area contributed by atoms with Crippen molar-refractivity contribution in [2.24, 2.45) is 5.92 Å². The summed E-state index contributed by atoms with van der Waals surface area (Å²) < 4.78 is 3.04. The van der Waals surface area contributed by atoms with E-state index in [1.807, 2.05) is 17.1 Å². The first kappa shape index (κ1) is 7.31. The van der Waals surface area contributed by atoms with E-state index < -0.39 is 0 Å². The smallest absolute Gasteiger partial charge is 0.0632 e. The molecule has 4 heteroatoms. The van der Waals surface area contributed by atoms with Crippen molar-refractivity contribution < 1.29 is 0 Å². The third-order valence-electron chi connectivity index (χ3n) is 1.91. The van der Waals surface area contributed by atoms with Crippen molar-refractivity contribution in [1.29, 1.82) is 0 Å². The average Bonchev–Trinajstić information content (AvgIpc) is 2.27. The van der Waals surface area contributed by atoms with E-state index in [0.29, 0.717) is 0 Å². The highest BCUT2D eigenvalue weighted by Crippen LogP contribution is 2.10. The van der Waals surface area contributed by atoms with Gasteiger partial charge in [0, 0.05) is 31.7 Å². The van der Waals surface area contributed by atoms with Crippen LogP contribution in [0.15, 0.2) is 16.9 Å². The van der Waals surface area contributed by atoms with Crippen molar-refractivity contribution in [3.63, 3.8) is 0 Å². The van der Waals surface area contributed by atoms with Crippen LogP contribution in [0.3, 0.4) is 0 Å². The van der Waals surface area contributed by atoms with Gasteiger partial charge in [-0.2, -0.15) is 5.10 Å². The third-order valence-corrected chi connectivity index (χ3v) is 2.32. The molecular weight excluding hydrogens is 206 g/mol. The van der Waals surface area contributed by atoms with Gasteiger partial charge >= 0.3 is 0 Å². The Morgan fingerprint density at radius 2 is 2.55 bits per heavy atom. The average molecular weight is 216 g/mol. The molecule has 1 aliphatic rings. The van der Waals surface area contributed by atoms with Crippen LogP contribution in [-0.2, 0) is 6.54 Å². The van der Waals surface area contributed by atoms with E-state index in [-0.39, 0.29) is 0 Å². The van der Waals surface area contributed by atoms with Crippen LogP contribution in [0.5, 0.6) is 0 Å². The fourth-order valence-electron chi connectivity index (χ4n) is 1.18. The first-order valence-corrected chi connectivity index (χ1v) is 4.52. The SMILES string of the molecule is Brc1cnn(CC2CNC2)c1. The summed E-state index contributed by atoms with van der Waals surface area (Å²) in [6, 6.07) is 0. The van der Waals surface area contributed by atoms with E-state index >= 15 is 0 Å². The predicted octanol–water partition coefficient (Wildman–Crippen LogP) is 0.865. The Labute approximate surface area is 73.9 Å². The van der Waals surface area contributed by atoms with Gasteiger partial charge in [-0.15, -0.1) is 0 Å². The van der Waals surface area contributed by atoms with Gasteiger partial charge in [0.05, 0.1) is 10.7 Å². The molecule has 3 nitrogen and oxygen atoms in total. The minimum absolute atomic E-state index is 0.779. The number of halogens is 1. The summed E-state index contributed by atoms with van der Waals surface area (Å²) in [5.41, 5.74) is 0. The van der Waals surface area contributed by atoms with E-state index in [0.717, 1.165) is 30.0 Å². The van der Waals surface area contributed by atoms with Crippen molar-refractivity contribution >= 4 is 15.9 Å². The molecule has 0 spiro atoms. The van der Waals surface area contributed by atoms with Gasteiger partial charge in [-0.3, -0.25) is 4.68 Å². The van der Waals surface area contributed by atoms with Crippen molar-refractivity contribution in [2.75, 3.05) is 13.1 Å². The fraction of sp³-hybridized carbons (Fsp3) is 0.571. The molecule has 2 heterocycles. The number of nitrogens with one attached hydrogen (secondary N) is 1. The largest absolute Gasteiger partial charge is 0.316 e. The third kappa shape index (κ3) is 1.62. The van der Waals surface area contributed by atoms with Gasteiger partial charge in [-0.05, 0) is 15.9 Å². The molecule has 60 valence electrons. The van der Waals surface area contributed by atoms with Crippen LogP contribution in [-0.4, -0.2) is 22.9 Å². The molecule has 0 aromatic carbocycles. The molecule has 0 radical (unpaired) electrons. The van der Waals surface area contributed by atoms with Gasteiger partial charge in [0.25, 0.3) is 0 Å². The summed E-state index contributed by atoms with van der Waals surface area (Å²) in [6.07, 6.45) is 3.84. The van der Waals surface area contributed by atoms with E-state index in [1.54, 1.807) is 0 Å². The summed E-state index contributed by atoms with van der Waals surface area (Å²) in [6.45, 7) is 3.31. The molecule has 0 unspecified atom stereocenters. The van der Waals surface area contributed by atoms with Crippen LogP contribution in [0.4, 0.5) is 0 Å². The standard InChI is InChI=1S/C7H10BrN3/c8-7-3-10-11(5-7)4-6-1-9-2-6/h3,5-6,9H,1-2,4H2. The minimum Gasteiger partial charge on any atom is -0.316 e. The van der Waals surface area contributed by atoms with Crippen LogP contribution in [0, 0.1) is 5.92 Å². The molecule has 1 N–H and O–H groups in total. The van der Waals surface area contributed by atoms with E-state index in [4.69, 9.17) is 0 Å². The Morgan fingerprint density at radius 1 is 1.73 bits per heavy atom. The first-order valence-electron chi connectivity index (χ1n) is 3.73. The van der Waals surface area contributed by atoms with Crippen molar-refractivity contribution in [3.05, 3.63) is 16.9 Å². The molecule has 1 aromatic rings. The summed E-state index contributed by atoms with van der Waals surface area (Å²) in [5, 5.41) is 7.42. The molecular formula is C7H10BrN3. The summed E-state index contributed by atoms with van der Waals surface area (Å²) in [4.78, 5) is 0. The van der Waals surface area contributed by atoms with Crippen LogP contribution in [0.25, 0.3) is 0 Å². The maximum atomic E-state index is 4.18. The number of aromatic nitrogens is 2. The number of hydrogen-bond donors (Lipinski definition) is 1. The molecule has 1 aromatic heterocycles. The lowest BCUT2D eigenvalue weighted by Crippen LogP contribution is -2.44.